The number of anilines is 1. The van der Waals surface area contributed by atoms with Crippen LogP contribution in [-0.2, 0) is 0 Å². The Bertz CT molecular complexity index is 473. The summed E-state index contributed by atoms with van der Waals surface area (Å²) >= 11 is 0. The van der Waals surface area contributed by atoms with E-state index in [9.17, 15) is 4.79 Å². The van der Waals surface area contributed by atoms with Gasteiger partial charge >= 0.3 is 5.97 Å². The fourth-order valence-corrected chi connectivity index (χ4v) is 2.84. The zero-order chi connectivity index (χ0) is 14.0. The molecule has 1 aliphatic heterocycles. The first-order valence-corrected chi connectivity index (χ1v) is 6.74. The van der Waals surface area contributed by atoms with Crippen molar-refractivity contribution < 1.29 is 9.90 Å². The number of rotatable bonds is 4. The lowest BCUT2D eigenvalue weighted by atomic mass is 10.1. The highest BCUT2D eigenvalue weighted by atomic mass is 16.4. The Hall–Kier alpha value is -1.55. The molecule has 1 fully saturated rings. The molecule has 0 amide bonds. The second-order valence-corrected chi connectivity index (χ2v) is 5.46. The summed E-state index contributed by atoms with van der Waals surface area (Å²) in [6, 6.07) is 5.93. The molecule has 4 nitrogen and oxygen atoms in total. The van der Waals surface area contributed by atoms with Gasteiger partial charge in [0.25, 0.3) is 0 Å². The molecular weight excluding hydrogens is 240 g/mol. The second kappa shape index (κ2) is 5.61. The van der Waals surface area contributed by atoms with Crippen molar-refractivity contribution in [3.63, 3.8) is 0 Å². The Balaban J connectivity index is 2.10. The highest BCUT2D eigenvalue weighted by molar-refractivity contribution is 5.88. The lowest BCUT2D eigenvalue weighted by Gasteiger charge is -2.28. The zero-order valence-corrected chi connectivity index (χ0v) is 11.9. The maximum absolute atomic E-state index is 10.9. The van der Waals surface area contributed by atoms with Crippen LogP contribution >= 0.6 is 0 Å². The minimum Gasteiger partial charge on any atom is -0.478 e. The van der Waals surface area contributed by atoms with Gasteiger partial charge in [0.1, 0.15) is 0 Å². The molecule has 1 aliphatic rings. The lowest BCUT2D eigenvalue weighted by Crippen LogP contribution is -2.36. The Kier molecular flexibility index (Phi) is 4.10. The van der Waals surface area contributed by atoms with Gasteiger partial charge in [-0.15, -0.1) is 0 Å². The molecule has 0 spiro atoms. The first-order chi connectivity index (χ1) is 8.99. The summed E-state index contributed by atoms with van der Waals surface area (Å²) in [6.07, 6.45) is 2.51. The number of carboxylic acids is 1. The third-order valence-electron chi connectivity index (χ3n) is 4.01. The van der Waals surface area contributed by atoms with Gasteiger partial charge in [0, 0.05) is 25.3 Å². The van der Waals surface area contributed by atoms with Crippen molar-refractivity contribution in [3.8, 4) is 0 Å². The van der Waals surface area contributed by atoms with Crippen LogP contribution < -0.4 is 4.90 Å². The van der Waals surface area contributed by atoms with Crippen molar-refractivity contribution in [3.05, 3.63) is 29.3 Å². The smallest absolute Gasteiger partial charge is 0.335 e. The molecule has 0 aromatic heterocycles. The minimum absolute atomic E-state index is 0.354. The summed E-state index contributed by atoms with van der Waals surface area (Å²) in [5.74, 6) is -0.868. The van der Waals surface area contributed by atoms with Gasteiger partial charge in [0.05, 0.1) is 5.56 Å². The second-order valence-electron chi connectivity index (χ2n) is 5.46. The molecule has 4 heteroatoms. The molecule has 1 aromatic rings. The molecule has 1 saturated heterocycles. The molecular formula is C15H22N2O2. The van der Waals surface area contributed by atoms with E-state index in [1.54, 1.807) is 12.1 Å². The molecule has 1 heterocycles. The van der Waals surface area contributed by atoms with Gasteiger partial charge in [-0.1, -0.05) is 0 Å². The lowest BCUT2D eigenvalue weighted by molar-refractivity contribution is 0.0697. The van der Waals surface area contributed by atoms with E-state index >= 15 is 0 Å². The van der Waals surface area contributed by atoms with Gasteiger partial charge in [0.15, 0.2) is 0 Å². The summed E-state index contributed by atoms with van der Waals surface area (Å²) in [5.41, 5.74) is 2.49. The van der Waals surface area contributed by atoms with Gasteiger partial charge in [-0.3, -0.25) is 0 Å². The normalized spacial score (nSPS) is 19.6. The van der Waals surface area contributed by atoms with E-state index in [0.29, 0.717) is 11.6 Å². The topological polar surface area (TPSA) is 43.8 Å². The maximum Gasteiger partial charge on any atom is 0.335 e. The van der Waals surface area contributed by atoms with Gasteiger partial charge in [0.2, 0.25) is 0 Å². The van der Waals surface area contributed by atoms with Crippen molar-refractivity contribution in [1.82, 2.24) is 4.90 Å². The standard InChI is InChI=1S/C15H22N2O2/c1-11-9-12(15(18)19)6-7-14(11)17(3)10-13-5-4-8-16(13)2/h6-7,9,13H,4-5,8,10H2,1-3H3,(H,18,19). The van der Waals surface area contributed by atoms with Crippen LogP contribution in [0.3, 0.4) is 0 Å². The highest BCUT2D eigenvalue weighted by Crippen LogP contribution is 2.23. The first kappa shape index (κ1) is 13.9. The molecule has 1 N–H and O–H groups in total. The summed E-state index contributed by atoms with van der Waals surface area (Å²) in [5, 5.41) is 8.98. The number of likely N-dealkylation sites (tertiary alicyclic amines) is 1. The number of nitrogens with zero attached hydrogens (tertiary/aromatic N) is 2. The van der Waals surface area contributed by atoms with Gasteiger partial charge in [-0.05, 0) is 57.1 Å². The predicted molar refractivity (Wildman–Crippen MR) is 77.1 cm³/mol. The number of hydrogen-bond donors (Lipinski definition) is 1. The third kappa shape index (κ3) is 3.07. The van der Waals surface area contributed by atoms with Crippen molar-refractivity contribution in [1.29, 1.82) is 0 Å². The fourth-order valence-electron chi connectivity index (χ4n) is 2.84. The molecule has 0 radical (unpaired) electrons. The van der Waals surface area contributed by atoms with Crippen LogP contribution in [0, 0.1) is 6.92 Å². The van der Waals surface area contributed by atoms with E-state index in [4.69, 9.17) is 5.11 Å². The zero-order valence-electron chi connectivity index (χ0n) is 11.9. The van der Waals surface area contributed by atoms with E-state index in [1.165, 1.54) is 19.4 Å². The highest BCUT2D eigenvalue weighted by Gasteiger charge is 2.22. The molecule has 0 aliphatic carbocycles. The first-order valence-electron chi connectivity index (χ1n) is 6.74. The summed E-state index contributed by atoms with van der Waals surface area (Å²) in [6.45, 7) is 4.13. The number of carboxylic acid groups (broad SMARTS) is 1. The third-order valence-corrected chi connectivity index (χ3v) is 4.01. The maximum atomic E-state index is 10.9. The van der Waals surface area contributed by atoms with Crippen LogP contribution in [0.1, 0.15) is 28.8 Å². The van der Waals surface area contributed by atoms with Crippen LogP contribution in [0.2, 0.25) is 0 Å². The molecule has 1 unspecified atom stereocenters. The average molecular weight is 262 g/mol. The van der Waals surface area contributed by atoms with Crippen LogP contribution in [0.25, 0.3) is 0 Å². The van der Waals surface area contributed by atoms with Crippen molar-refractivity contribution >= 4 is 11.7 Å². The molecule has 19 heavy (non-hydrogen) atoms. The quantitative estimate of drug-likeness (QED) is 0.903. The Morgan fingerprint density at radius 2 is 2.26 bits per heavy atom. The van der Waals surface area contributed by atoms with Gasteiger partial charge in [-0.2, -0.15) is 0 Å². The Morgan fingerprint density at radius 3 is 2.79 bits per heavy atom. The van der Waals surface area contributed by atoms with E-state index < -0.39 is 5.97 Å². The fraction of sp³-hybridized carbons (Fsp3) is 0.533. The predicted octanol–water partition coefficient (Wildman–Crippen LogP) is 2.22. The number of benzene rings is 1. The molecule has 1 aromatic carbocycles. The summed E-state index contributed by atoms with van der Waals surface area (Å²) in [4.78, 5) is 15.6. The largest absolute Gasteiger partial charge is 0.478 e. The number of carbonyl (C=O) groups is 1. The van der Waals surface area contributed by atoms with Gasteiger partial charge in [-0.25, -0.2) is 4.79 Å². The van der Waals surface area contributed by atoms with Gasteiger partial charge < -0.3 is 14.9 Å². The monoisotopic (exact) mass is 262 g/mol. The average Bonchev–Trinajstić information content (AvgIpc) is 2.74. The SMILES string of the molecule is Cc1cc(C(=O)O)ccc1N(C)CC1CCCN1C. The van der Waals surface area contributed by atoms with Crippen molar-refractivity contribution in [2.24, 2.45) is 0 Å². The number of aromatic carboxylic acids is 1. The molecule has 104 valence electrons. The van der Waals surface area contributed by atoms with E-state index in [1.807, 2.05) is 13.0 Å². The molecule has 0 saturated carbocycles. The minimum atomic E-state index is -0.868. The number of likely N-dealkylation sites (N-methyl/N-ethyl adjacent to an activating group) is 2. The molecule has 0 bridgehead atoms. The Labute approximate surface area is 114 Å². The molecule has 1 atom stereocenters. The number of hydrogen-bond acceptors (Lipinski definition) is 3. The van der Waals surface area contributed by atoms with Crippen LogP contribution in [0.15, 0.2) is 18.2 Å². The number of aryl methyl sites for hydroxylation is 1. The Morgan fingerprint density at radius 1 is 1.53 bits per heavy atom. The van der Waals surface area contributed by atoms with E-state index in [2.05, 4.69) is 23.9 Å². The summed E-state index contributed by atoms with van der Waals surface area (Å²) in [7, 11) is 4.25. The van der Waals surface area contributed by atoms with Crippen LogP contribution in [0.5, 0.6) is 0 Å². The van der Waals surface area contributed by atoms with Crippen LogP contribution in [0.4, 0.5) is 5.69 Å². The van der Waals surface area contributed by atoms with Crippen molar-refractivity contribution in [2.45, 2.75) is 25.8 Å². The van der Waals surface area contributed by atoms with Crippen molar-refractivity contribution in [2.75, 3.05) is 32.1 Å². The molecule has 2 rings (SSSR count). The van der Waals surface area contributed by atoms with E-state index in [-0.39, 0.29) is 0 Å². The van der Waals surface area contributed by atoms with Crippen LogP contribution in [-0.4, -0.2) is 49.2 Å². The summed E-state index contributed by atoms with van der Waals surface area (Å²) < 4.78 is 0. The van der Waals surface area contributed by atoms with E-state index in [0.717, 1.165) is 17.8 Å².